The van der Waals surface area contributed by atoms with E-state index in [4.69, 9.17) is 4.52 Å². The number of hydrogen-bond donors (Lipinski definition) is 0. The summed E-state index contributed by atoms with van der Waals surface area (Å²) < 4.78 is 18.3. The van der Waals surface area contributed by atoms with Crippen LogP contribution in [0.5, 0.6) is 0 Å². The van der Waals surface area contributed by atoms with E-state index in [1.165, 1.54) is 6.07 Å². The molecule has 0 aliphatic heterocycles. The number of nitrogens with zero attached hydrogens (tertiary/aromatic N) is 1. The van der Waals surface area contributed by atoms with Gasteiger partial charge in [-0.05, 0) is 19.1 Å². The van der Waals surface area contributed by atoms with Crippen molar-refractivity contribution in [2.45, 2.75) is 6.92 Å². The van der Waals surface area contributed by atoms with Gasteiger partial charge in [0.25, 0.3) is 0 Å². The second-order valence-corrected chi connectivity index (χ2v) is 3.10. The molecule has 2 aromatic rings. The van der Waals surface area contributed by atoms with Crippen LogP contribution in [-0.2, 0) is 0 Å². The highest BCUT2D eigenvalue weighted by atomic mass is 19.1. The summed E-state index contributed by atoms with van der Waals surface area (Å²) in [6.07, 6.45) is 0.619. The maximum atomic E-state index is 13.4. The molecule has 0 saturated heterocycles. The van der Waals surface area contributed by atoms with Gasteiger partial charge in [0, 0.05) is 5.56 Å². The number of aryl methyl sites for hydroxylation is 1. The van der Waals surface area contributed by atoms with Gasteiger partial charge >= 0.3 is 0 Å². The van der Waals surface area contributed by atoms with Gasteiger partial charge in [-0.25, -0.2) is 4.39 Å². The van der Waals surface area contributed by atoms with E-state index < -0.39 is 5.82 Å². The van der Waals surface area contributed by atoms with Gasteiger partial charge in [-0.1, -0.05) is 17.3 Å². The third-order valence-corrected chi connectivity index (χ3v) is 2.16. The number of aldehydes is 1. The molecule has 3 nitrogen and oxygen atoms in total. The molecule has 0 amide bonds. The first kappa shape index (κ1) is 9.58. The lowest BCUT2D eigenvalue weighted by molar-refractivity contribution is 0.112. The van der Waals surface area contributed by atoms with Gasteiger partial charge in [-0.15, -0.1) is 0 Å². The Morgan fingerprint density at radius 1 is 1.40 bits per heavy atom. The van der Waals surface area contributed by atoms with Crippen molar-refractivity contribution < 1.29 is 13.7 Å². The largest absolute Gasteiger partial charge is 0.360 e. The minimum absolute atomic E-state index is 0.251. The lowest BCUT2D eigenvalue weighted by Crippen LogP contribution is -1.89. The molecule has 1 aromatic heterocycles. The van der Waals surface area contributed by atoms with E-state index in [0.29, 0.717) is 17.6 Å². The Kier molecular flexibility index (Phi) is 2.33. The first-order chi connectivity index (χ1) is 7.24. The highest BCUT2D eigenvalue weighted by molar-refractivity contribution is 5.86. The molecule has 2 rings (SSSR count). The van der Waals surface area contributed by atoms with Crippen molar-refractivity contribution >= 4 is 6.29 Å². The molecule has 0 bridgehead atoms. The molecule has 0 unspecified atom stereocenters. The smallest absolute Gasteiger partial charge is 0.155 e. The van der Waals surface area contributed by atoms with Gasteiger partial charge in [0.05, 0.1) is 5.56 Å². The number of carbonyl (C=O) groups is 1. The molecule has 0 aliphatic rings. The van der Waals surface area contributed by atoms with Crippen LogP contribution in [0.15, 0.2) is 28.8 Å². The van der Waals surface area contributed by atoms with E-state index in [9.17, 15) is 9.18 Å². The van der Waals surface area contributed by atoms with Crippen molar-refractivity contribution in [3.63, 3.8) is 0 Å². The van der Waals surface area contributed by atoms with Crippen LogP contribution in [0.2, 0.25) is 0 Å². The molecule has 0 aliphatic carbocycles. The Morgan fingerprint density at radius 2 is 2.13 bits per heavy atom. The second kappa shape index (κ2) is 3.65. The van der Waals surface area contributed by atoms with E-state index in [1.54, 1.807) is 25.1 Å². The number of carbonyl (C=O) groups excluding carboxylic acids is 1. The molecule has 0 fully saturated rings. The molecule has 1 heterocycles. The molecular formula is C11H8FNO2. The zero-order valence-electron chi connectivity index (χ0n) is 8.03. The zero-order valence-corrected chi connectivity index (χ0v) is 8.03. The summed E-state index contributed by atoms with van der Waals surface area (Å²) in [5, 5.41) is 3.67. The first-order valence-corrected chi connectivity index (χ1v) is 4.40. The van der Waals surface area contributed by atoms with Crippen LogP contribution < -0.4 is 0 Å². The van der Waals surface area contributed by atoms with Gasteiger partial charge in [-0.3, -0.25) is 4.79 Å². The molecule has 15 heavy (non-hydrogen) atoms. The summed E-state index contributed by atoms with van der Waals surface area (Å²) in [7, 11) is 0. The fourth-order valence-electron chi connectivity index (χ4n) is 1.37. The number of benzene rings is 1. The number of aromatic nitrogens is 1. The first-order valence-electron chi connectivity index (χ1n) is 4.40. The molecule has 76 valence electrons. The number of hydrogen-bond acceptors (Lipinski definition) is 3. The lowest BCUT2D eigenvalue weighted by atomic mass is 10.1. The summed E-state index contributed by atoms with van der Waals surface area (Å²) in [5.41, 5.74) is 0.817. The van der Waals surface area contributed by atoms with Gasteiger partial charge in [0.15, 0.2) is 6.29 Å². The standard InChI is InChI=1S/C11H8FNO2/c1-7-9(6-14)11(13-15-7)8-4-2-3-5-10(8)12/h2-6H,1H3. The van der Waals surface area contributed by atoms with Crippen molar-refractivity contribution in [2.24, 2.45) is 0 Å². The number of halogens is 1. The van der Waals surface area contributed by atoms with Crippen LogP contribution in [0.4, 0.5) is 4.39 Å². The van der Waals surface area contributed by atoms with Crippen LogP contribution in [0.3, 0.4) is 0 Å². The predicted molar refractivity (Wildman–Crippen MR) is 52.0 cm³/mol. The average molecular weight is 205 g/mol. The van der Waals surface area contributed by atoms with Gasteiger partial charge in [-0.2, -0.15) is 0 Å². The number of rotatable bonds is 2. The van der Waals surface area contributed by atoms with Crippen LogP contribution in [-0.4, -0.2) is 11.4 Å². The molecule has 0 saturated carbocycles. The highest BCUT2D eigenvalue weighted by Crippen LogP contribution is 2.25. The Labute approximate surface area is 85.5 Å². The minimum atomic E-state index is -0.422. The fourth-order valence-corrected chi connectivity index (χ4v) is 1.37. The van der Waals surface area contributed by atoms with Crippen molar-refractivity contribution in [3.8, 4) is 11.3 Å². The van der Waals surface area contributed by atoms with E-state index in [2.05, 4.69) is 5.16 Å². The van der Waals surface area contributed by atoms with Crippen LogP contribution in [0.25, 0.3) is 11.3 Å². The van der Waals surface area contributed by atoms with Crippen LogP contribution in [0.1, 0.15) is 16.1 Å². The van der Waals surface area contributed by atoms with Crippen molar-refractivity contribution in [3.05, 3.63) is 41.4 Å². The van der Waals surface area contributed by atoms with Crippen molar-refractivity contribution in [1.82, 2.24) is 5.16 Å². The maximum absolute atomic E-state index is 13.4. The van der Waals surface area contributed by atoms with E-state index >= 15 is 0 Å². The average Bonchev–Trinajstić information content (AvgIpc) is 2.60. The van der Waals surface area contributed by atoms with Gasteiger partial charge in [0.2, 0.25) is 0 Å². The lowest BCUT2D eigenvalue weighted by Gasteiger charge is -1.97. The predicted octanol–water partition coefficient (Wildman–Crippen LogP) is 2.60. The fraction of sp³-hybridized carbons (Fsp3) is 0.0909. The van der Waals surface area contributed by atoms with Crippen molar-refractivity contribution in [2.75, 3.05) is 0 Å². The van der Waals surface area contributed by atoms with Gasteiger partial charge in [0.1, 0.15) is 17.3 Å². The summed E-state index contributed by atoms with van der Waals surface area (Å²) in [4.78, 5) is 10.8. The molecule has 4 heteroatoms. The second-order valence-electron chi connectivity index (χ2n) is 3.10. The molecule has 1 aromatic carbocycles. The third-order valence-electron chi connectivity index (χ3n) is 2.16. The Morgan fingerprint density at radius 3 is 2.80 bits per heavy atom. The minimum Gasteiger partial charge on any atom is -0.360 e. The molecule has 0 atom stereocenters. The monoisotopic (exact) mass is 205 g/mol. The topological polar surface area (TPSA) is 43.1 Å². The Hall–Kier alpha value is -1.97. The molecule has 0 spiro atoms. The van der Waals surface area contributed by atoms with Crippen LogP contribution in [0, 0.1) is 12.7 Å². The van der Waals surface area contributed by atoms with Gasteiger partial charge < -0.3 is 4.52 Å². The summed E-state index contributed by atoms with van der Waals surface area (Å²) >= 11 is 0. The quantitative estimate of drug-likeness (QED) is 0.708. The molecular weight excluding hydrogens is 197 g/mol. The third kappa shape index (κ3) is 1.54. The maximum Gasteiger partial charge on any atom is 0.155 e. The van der Waals surface area contributed by atoms with Crippen molar-refractivity contribution in [1.29, 1.82) is 0 Å². The Bertz CT molecular complexity index is 505. The normalized spacial score (nSPS) is 10.3. The highest BCUT2D eigenvalue weighted by Gasteiger charge is 2.16. The van der Waals surface area contributed by atoms with E-state index in [-0.39, 0.29) is 11.3 Å². The van der Waals surface area contributed by atoms with Crippen LogP contribution >= 0.6 is 0 Å². The SMILES string of the molecule is Cc1onc(-c2ccccc2F)c1C=O. The Balaban J connectivity index is 2.64. The summed E-state index contributed by atoms with van der Waals surface area (Å²) in [6.45, 7) is 1.61. The molecule has 0 radical (unpaired) electrons. The zero-order chi connectivity index (χ0) is 10.8. The summed E-state index contributed by atoms with van der Waals surface area (Å²) in [5.74, 6) is -0.0304. The molecule has 0 N–H and O–H groups in total. The van der Waals surface area contributed by atoms with E-state index in [0.717, 1.165) is 0 Å². The van der Waals surface area contributed by atoms with E-state index in [1.807, 2.05) is 0 Å². The summed E-state index contributed by atoms with van der Waals surface area (Å²) in [6, 6.07) is 6.12.